The van der Waals surface area contributed by atoms with Crippen LogP contribution in [0.5, 0.6) is 0 Å². The fourth-order valence-corrected chi connectivity index (χ4v) is 4.01. The lowest BCUT2D eigenvalue weighted by molar-refractivity contribution is 0.332. The Kier molecular flexibility index (Phi) is 4.61. The van der Waals surface area contributed by atoms with Crippen molar-refractivity contribution in [1.29, 1.82) is 0 Å². The summed E-state index contributed by atoms with van der Waals surface area (Å²) in [5, 5.41) is 3.64. The smallest absolute Gasteiger partial charge is 0.0411 e. The van der Waals surface area contributed by atoms with E-state index >= 15 is 0 Å². The van der Waals surface area contributed by atoms with Gasteiger partial charge in [-0.15, -0.1) is 11.3 Å². The molecule has 1 aromatic heterocycles. The van der Waals surface area contributed by atoms with Crippen LogP contribution in [0.1, 0.15) is 33.7 Å². The molecule has 1 fully saturated rings. The molecule has 2 aromatic rings. The molecule has 3 rings (SSSR count). The molecule has 2 heterocycles. The monoisotopic (exact) mass is 300 g/mol. The van der Waals surface area contributed by atoms with Crippen molar-refractivity contribution >= 4 is 17.0 Å². The van der Waals surface area contributed by atoms with Gasteiger partial charge in [0.2, 0.25) is 0 Å². The molecule has 21 heavy (non-hydrogen) atoms. The van der Waals surface area contributed by atoms with Gasteiger partial charge in [-0.3, -0.25) is 4.90 Å². The number of hydrogen-bond acceptors (Lipinski definition) is 3. The van der Waals surface area contributed by atoms with E-state index in [1.165, 1.54) is 52.5 Å². The first-order valence-corrected chi connectivity index (χ1v) is 8.64. The molecule has 1 aliphatic heterocycles. The minimum atomic E-state index is 0.924. The maximum Gasteiger partial charge on any atom is 0.0411 e. The van der Waals surface area contributed by atoms with Crippen LogP contribution in [-0.4, -0.2) is 18.0 Å². The quantitative estimate of drug-likeness (QED) is 0.870. The van der Waals surface area contributed by atoms with Gasteiger partial charge in [0.15, 0.2) is 0 Å². The SMILES string of the molecule is Cc1cc(CNc2ccccc2CN2CCCC2)c(C)s1. The first-order valence-electron chi connectivity index (χ1n) is 7.82. The summed E-state index contributed by atoms with van der Waals surface area (Å²) < 4.78 is 0. The zero-order chi connectivity index (χ0) is 14.7. The number of benzene rings is 1. The van der Waals surface area contributed by atoms with Crippen molar-refractivity contribution in [1.82, 2.24) is 4.90 Å². The van der Waals surface area contributed by atoms with Gasteiger partial charge in [-0.05, 0) is 63.0 Å². The highest BCUT2D eigenvalue weighted by molar-refractivity contribution is 7.12. The van der Waals surface area contributed by atoms with Gasteiger partial charge in [0.1, 0.15) is 0 Å². The highest BCUT2D eigenvalue weighted by Crippen LogP contribution is 2.24. The Hall–Kier alpha value is -1.32. The molecule has 1 aliphatic rings. The van der Waals surface area contributed by atoms with Gasteiger partial charge < -0.3 is 5.32 Å². The highest BCUT2D eigenvalue weighted by Gasteiger charge is 2.13. The lowest BCUT2D eigenvalue weighted by atomic mass is 10.1. The molecule has 3 heteroatoms. The van der Waals surface area contributed by atoms with Crippen molar-refractivity contribution in [2.75, 3.05) is 18.4 Å². The minimum Gasteiger partial charge on any atom is -0.381 e. The molecule has 0 spiro atoms. The molecule has 0 amide bonds. The predicted octanol–water partition coefficient (Wildman–Crippen LogP) is 4.57. The average Bonchev–Trinajstić information content (AvgIpc) is 3.08. The summed E-state index contributed by atoms with van der Waals surface area (Å²) >= 11 is 1.89. The number of thiophene rings is 1. The van der Waals surface area contributed by atoms with Crippen LogP contribution in [0.2, 0.25) is 0 Å². The number of para-hydroxylation sites is 1. The van der Waals surface area contributed by atoms with E-state index in [0.717, 1.165) is 13.1 Å². The number of hydrogen-bond donors (Lipinski definition) is 1. The van der Waals surface area contributed by atoms with Crippen LogP contribution in [0.3, 0.4) is 0 Å². The van der Waals surface area contributed by atoms with Crippen molar-refractivity contribution in [2.24, 2.45) is 0 Å². The summed E-state index contributed by atoms with van der Waals surface area (Å²) in [7, 11) is 0. The molecule has 2 nitrogen and oxygen atoms in total. The predicted molar refractivity (Wildman–Crippen MR) is 92.1 cm³/mol. The Morgan fingerprint density at radius 2 is 1.86 bits per heavy atom. The molecule has 1 N–H and O–H groups in total. The van der Waals surface area contributed by atoms with Crippen LogP contribution in [0.4, 0.5) is 5.69 Å². The van der Waals surface area contributed by atoms with Gasteiger partial charge in [-0.25, -0.2) is 0 Å². The lowest BCUT2D eigenvalue weighted by Gasteiger charge is -2.18. The molecular weight excluding hydrogens is 276 g/mol. The van der Waals surface area contributed by atoms with Gasteiger partial charge in [0, 0.05) is 28.5 Å². The minimum absolute atomic E-state index is 0.924. The first-order chi connectivity index (χ1) is 10.2. The number of anilines is 1. The van der Waals surface area contributed by atoms with Crippen molar-refractivity contribution < 1.29 is 0 Å². The number of nitrogens with zero attached hydrogens (tertiary/aromatic N) is 1. The topological polar surface area (TPSA) is 15.3 Å². The summed E-state index contributed by atoms with van der Waals surface area (Å²) in [5.41, 5.74) is 4.13. The molecule has 1 saturated heterocycles. The largest absolute Gasteiger partial charge is 0.381 e. The highest BCUT2D eigenvalue weighted by atomic mass is 32.1. The van der Waals surface area contributed by atoms with E-state index in [1.54, 1.807) is 0 Å². The third-order valence-electron chi connectivity index (χ3n) is 4.22. The average molecular weight is 300 g/mol. The summed E-state index contributed by atoms with van der Waals surface area (Å²) in [4.78, 5) is 5.38. The molecule has 112 valence electrons. The summed E-state index contributed by atoms with van der Waals surface area (Å²) in [6.45, 7) is 8.89. The third kappa shape index (κ3) is 3.66. The van der Waals surface area contributed by atoms with Gasteiger partial charge in [-0.1, -0.05) is 18.2 Å². The second kappa shape index (κ2) is 6.63. The number of rotatable bonds is 5. The van der Waals surface area contributed by atoms with E-state index in [2.05, 4.69) is 54.4 Å². The van der Waals surface area contributed by atoms with Crippen LogP contribution in [-0.2, 0) is 13.1 Å². The van der Waals surface area contributed by atoms with Crippen molar-refractivity contribution in [3.8, 4) is 0 Å². The fraction of sp³-hybridized carbons (Fsp3) is 0.444. The third-order valence-corrected chi connectivity index (χ3v) is 5.23. The number of aryl methyl sites for hydroxylation is 2. The van der Waals surface area contributed by atoms with Crippen molar-refractivity contribution in [2.45, 2.75) is 39.8 Å². The summed E-state index contributed by atoms with van der Waals surface area (Å²) in [6.07, 6.45) is 2.70. The van der Waals surface area contributed by atoms with Crippen LogP contribution in [0.25, 0.3) is 0 Å². The van der Waals surface area contributed by atoms with E-state index in [9.17, 15) is 0 Å². The molecule has 0 bridgehead atoms. The summed E-state index contributed by atoms with van der Waals surface area (Å²) in [6, 6.07) is 11.0. The maximum absolute atomic E-state index is 3.64. The van der Waals surface area contributed by atoms with Gasteiger partial charge in [0.05, 0.1) is 0 Å². The van der Waals surface area contributed by atoms with Crippen molar-refractivity contribution in [3.05, 3.63) is 51.2 Å². The Morgan fingerprint density at radius 3 is 2.57 bits per heavy atom. The second-order valence-corrected chi connectivity index (χ2v) is 7.39. The first kappa shape index (κ1) is 14.6. The normalized spacial score (nSPS) is 15.5. The Morgan fingerprint density at radius 1 is 1.10 bits per heavy atom. The molecule has 0 aliphatic carbocycles. The molecule has 0 atom stereocenters. The Labute approximate surface area is 131 Å². The van der Waals surface area contributed by atoms with Gasteiger partial charge >= 0.3 is 0 Å². The number of likely N-dealkylation sites (tertiary alicyclic amines) is 1. The van der Waals surface area contributed by atoms with E-state index in [1.807, 2.05) is 11.3 Å². The van der Waals surface area contributed by atoms with Gasteiger partial charge in [0.25, 0.3) is 0 Å². The molecule has 0 saturated carbocycles. The van der Waals surface area contributed by atoms with Crippen LogP contribution in [0, 0.1) is 13.8 Å². The van der Waals surface area contributed by atoms with Crippen LogP contribution in [0.15, 0.2) is 30.3 Å². The van der Waals surface area contributed by atoms with Gasteiger partial charge in [-0.2, -0.15) is 0 Å². The molecule has 0 unspecified atom stereocenters. The van der Waals surface area contributed by atoms with E-state index in [4.69, 9.17) is 0 Å². The summed E-state index contributed by atoms with van der Waals surface area (Å²) in [5.74, 6) is 0. The van der Waals surface area contributed by atoms with Crippen molar-refractivity contribution in [3.63, 3.8) is 0 Å². The standard InChI is InChI=1S/C18H24N2S/c1-14-11-17(15(2)21-14)12-19-18-8-4-3-7-16(18)13-20-9-5-6-10-20/h3-4,7-8,11,19H,5-6,9-10,12-13H2,1-2H3. The molecular formula is C18H24N2S. The maximum atomic E-state index is 3.64. The second-order valence-electron chi connectivity index (χ2n) is 5.93. The fourth-order valence-electron chi connectivity index (χ4n) is 3.06. The van der Waals surface area contributed by atoms with Crippen LogP contribution >= 0.6 is 11.3 Å². The Balaban J connectivity index is 1.68. The van der Waals surface area contributed by atoms with E-state index in [-0.39, 0.29) is 0 Å². The lowest BCUT2D eigenvalue weighted by Crippen LogP contribution is -2.19. The molecule has 0 radical (unpaired) electrons. The van der Waals surface area contributed by atoms with Crippen LogP contribution < -0.4 is 5.32 Å². The molecule has 1 aromatic carbocycles. The van der Waals surface area contributed by atoms with E-state index < -0.39 is 0 Å². The zero-order valence-electron chi connectivity index (χ0n) is 13.0. The number of nitrogens with one attached hydrogen (secondary N) is 1. The van der Waals surface area contributed by atoms with E-state index in [0.29, 0.717) is 0 Å². The Bertz CT molecular complexity index is 597. The zero-order valence-corrected chi connectivity index (χ0v) is 13.8.